The molecule has 1 aliphatic heterocycles. The van der Waals surface area contributed by atoms with E-state index < -0.39 is 16.1 Å². The van der Waals surface area contributed by atoms with E-state index in [1.807, 2.05) is 42.5 Å². The summed E-state index contributed by atoms with van der Waals surface area (Å²) in [4.78, 5) is 29.3. The third-order valence-electron chi connectivity index (χ3n) is 7.55. The molecular weight excluding hydrogens is 611 g/mol. The number of anilines is 2. The van der Waals surface area contributed by atoms with Gasteiger partial charge in [0.2, 0.25) is 0 Å². The first kappa shape index (κ1) is 30.2. The van der Waals surface area contributed by atoms with Gasteiger partial charge in [0.1, 0.15) is 11.5 Å². The van der Waals surface area contributed by atoms with Crippen molar-refractivity contribution in [1.82, 2.24) is 5.32 Å². The van der Waals surface area contributed by atoms with Crippen molar-refractivity contribution in [1.29, 1.82) is 0 Å². The largest absolute Gasteiger partial charge is 0.497 e. The molecule has 1 aromatic heterocycles. The van der Waals surface area contributed by atoms with Gasteiger partial charge in [-0.25, -0.2) is 8.42 Å². The number of amides is 2. The van der Waals surface area contributed by atoms with Gasteiger partial charge in [0.15, 0.2) is 6.10 Å². The number of fused-ring (bicyclic) bond motifs is 2. The van der Waals surface area contributed by atoms with E-state index in [0.717, 1.165) is 15.6 Å². The van der Waals surface area contributed by atoms with Crippen molar-refractivity contribution in [2.24, 2.45) is 0 Å². The standard InChI is InChI=1S/C34H31N3O6S2/c1-3-37(45(40,41)27-16-14-26(42-2)15-17-27)25-13-18-31-24(19-25)20-32(44-31)34(39)36-22-30(43-29-12-8-7-11-28(29)36)33(38)35-21-23-9-5-4-6-10-23/h4-20,30H,3,21-22H2,1-2H3,(H,35,38). The summed E-state index contributed by atoms with van der Waals surface area (Å²) in [5.41, 5.74) is 2.03. The number of methoxy groups -OCH3 is 1. The van der Waals surface area contributed by atoms with Gasteiger partial charge in [-0.15, -0.1) is 11.3 Å². The Labute approximate surface area is 265 Å². The van der Waals surface area contributed by atoms with Crippen LogP contribution in [-0.4, -0.2) is 46.5 Å². The Bertz CT molecular complexity index is 1960. The zero-order valence-electron chi connectivity index (χ0n) is 24.7. The highest BCUT2D eigenvalue weighted by molar-refractivity contribution is 7.92. The molecule has 9 nitrogen and oxygen atoms in total. The highest BCUT2D eigenvalue weighted by atomic mass is 32.2. The van der Waals surface area contributed by atoms with Crippen molar-refractivity contribution in [3.63, 3.8) is 0 Å². The molecule has 2 amide bonds. The average molecular weight is 642 g/mol. The monoisotopic (exact) mass is 641 g/mol. The van der Waals surface area contributed by atoms with Crippen molar-refractivity contribution in [2.45, 2.75) is 24.5 Å². The fraction of sp³-hybridized carbons (Fsp3) is 0.176. The van der Waals surface area contributed by atoms with Crippen LogP contribution in [0.5, 0.6) is 11.5 Å². The van der Waals surface area contributed by atoms with Gasteiger partial charge in [-0.3, -0.25) is 18.8 Å². The van der Waals surface area contributed by atoms with E-state index in [1.54, 1.807) is 60.4 Å². The molecule has 1 atom stereocenters. The zero-order valence-corrected chi connectivity index (χ0v) is 26.3. The summed E-state index contributed by atoms with van der Waals surface area (Å²) in [6, 6.07) is 30.1. The first-order valence-corrected chi connectivity index (χ1v) is 16.6. The second kappa shape index (κ2) is 12.6. The minimum atomic E-state index is -3.84. The first-order chi connectivity index (χ1) is 21.8. The summed E-state index contributed by atoms with van der Waals surface area (Å²) in [5, 5.41) is 3.65. The molecule has 1 aliphatic rings. The maximum Gasteiger partial charge on any atom is 0.268 e. The SMILES string of the molecule is CCN(c1ccc2sc(C(=O)N3CC(C(=O)NCc4ccccc4)Oc4ccccc43)cc2c1)S(=O)(=O)c1ccc(OC)cc1. The van der Waals surface area contributed by atoms with Gasteiger partial charge in [-0.2, -0.15) is 0 Å². The minimum absolute atomic E-state index is 0.0414. The summed E-state index contributed by atoms with van der Waals surface area (Å²) in [5.74, 6) is 0.427. The lowest BCUT2D eigenvalue weighted by Gasteiger charge is -2.34. The molecule has 6 rings (SSSR count). The van der Waals surface area contributed by atoms with Crippen molar-refractivity contribution < 1.29 is 27.5 Å². The van der Waals surface area contributed by atoms with Crippen LogP contribution in [0.1, 0.15) is 22.2 Å². The third kappa shape index (κ3) is 6.09. The van der Waals surface area contributed by atoms with Crippen LogP contribution < -0.4 is 24.0 Å². The molecule has 11 heteroatoms. The molecule has 5 aromatic rings. The number of carbonyl (C=O) groups excluding carboxylic acids is 2. The number of hydrogen-bond donors (Lipinski definition) is 1. The molecular formula is C34H31N3O6S2. The summed E-state index contributed by atoms with van der Waals surface area (Å²) >= 11 is 1.31. The summed E-state index contributed by atoms with van der Waals surface area (Å²) in [6.07, 6.45) is -0.894. The van der Waals surface area contributed by atoms with Crippen molar-refractivity contribution in [3.05, 3.63) is 114 Å². The Morgan fingerprint density at radius 1 is 0.978 bits per heavy atom. The highest BCUT2D eigenvalue weighted by Crippen LogP contribution is 2.37. The van der Waals surface area contributed by atoms with Gasteiger partial charge in [0.05, 0.1) is 34.8 Å². The van der Waals surface area contributed by atoms with Crippen molar-refractivity contribution >= 4 is 54.6 Å². The second-order valence-electron chi connectivity index (χ2n) is 10.4. The van der Waals surface area contributed by atoms with E-state index in [2.05, 4.69) is 5.32 Å². The Morgan fingerprint density at radius 3 is 2.44 bits per heavy atom. The maximum absolute atomic E-state index is 14.0. The van der Waals surface area contributed by atoms with Gasteiger partial charge in [-0.1, -0.05) is 42.5 Å². The lowest BCUT2D eigenvalue weighted by atomic mass is 10.1. The number of nitrogens with zero attached hydrogens (tertiary/aromatic N) is 2. The van der Waals surface area contributed by atoms with Gasteiger partial charge < -0.3 is 14.8 Å². The fourth-order valence-corrected chi connectivity index (χ4v) is 7.71. The highest BCUT2D eigenvalue weighted by Gasteiger charge is 2.35. The van der Waals surface area contributed by atoms with Gasteiger partial charge >= 0.3 is 0 Å². The van der Waals surface area contributed by atoms with Crippen LogP contribution in [0.4, 0.5) is 11.4 Å². The van der Waals surface area contributed by atoms with Crippen LogP contribution in [0.15, 0.2) is 108 Å². The smallest absolute Gasteiger partial charge is 0.268 e. The number of benzene rings is 4. The molecule has 1 unspecified atom stereocenters. The number of sulfonamides is 1. The molecule has 0 saturated carbocycles. The molecule has 1 N–H and O–H groups in total. The molecule has 0 bridgehead atoms. The second-order valence-corrected chi connectivity index (χ2v) is 13.3. The third-order valence-corrected chi connectivity index (χ3v) is 10.6. The Kier molecular flexibility index (Phi) is 8.46. The number of nitrogens with one attached hydrogen (secondary N) is 1. The van der Waals surface area contributed by atoms with E-state index in [-0.39, 0.29) is 29.8 Å². The molecule has 0 saturated heterocycles. The molecule has 0 radical (unpaired) electrons. The Balaban J connectivity index is 1.25. The molecule has 0 fully saturated rings. The minimum Gasteiger partial charge on any atom is -0.497 e. The molecule has 0 aliphatic carbocycles. The molecule has 4 aromatic carbocycles. The van der Waals surface area contributed by atoms with Crippen LogP contribution in [0.3, 0.4) is 0 Å². The summed E-state index contributed by atoms with van der Waals surface area (Å²) < 4.78 is 40.4. The van der Waals surface area contributed by atoms with Crippen LogP contribution >= 0.6 is 11.3 Å². The quantitative estimate of drug-likeness (QED) is 0.217. The zero-order chi connectivity index (χ0) is 31.6. The van der Waals surface area contributed by atoms with E-state index in [0.29, 0.717) is 34.3 Å². The van der Waals surface area contributed by atoms with Crippen molar-refractivity contribution in [2.75, 3.05) is 29.4 Å². The topological polar surface area (TPSA) is 105 Å². The van der Waals surface area contributed by atoms with Crippen LogP contribution in [-0.2, 0) is 21.4 Å². The van der Waals surface area contributed by atoms with Crippen LogP contribution in [0, 0.1) is 0 Å². The Morgan fingerprint density at radius 2 is 1.71 bits per heavy atom. The van der Waals surface area contributed by atoms with Crippen LogP contribution in [0.25, 0.3) is 10.1 Å². The number of carbonyl (C=O) groups is 2. The number of para-hydroxylation sites is 2. The van der Waals surface area contributed by atoms with Gasteiger partial charge in [-0.05, 0) is 78.5 Å². The number of rotatable bonds is 9. The average Bonchev–Trinajstić information content (AvgIpc) is 3.51. The summed E-state index contributed by atoms with van der Waals surface area (Å²) in [6.45, 7) is 2.38. The predicted molar refractivity (Wildman–Crippen MR) is 176 cm³/mol. The fourth-order valence-electron chi connectivity index (χ4n) is 5.25. The lowest BCUT2D eigenvalue weighted by Crippen LogP contribution is -2.50. The molecule has 2 heterocycles. The molecule has 0 spiro atoms. The van der Waals surface area contributed by atoms with Crippen molar-refractivity contribution in [3.8, 4) is 11.5 Å². The lowest BCUT2D eigenvalue weighted by molar-refractivity contribution is -0.128. The Hall–Kier alpha value is -4.87. The molecule has 45 heavy (non-hydrogen) atoms. The normalized spacial score (nSPS) is 14.4. The van der Waals surface area contributed by atoms with Crippen LogP contribution in [0.2, 0.25) is 0 Å². The van der Waals surface area contributed by atoms with Gasteiger partial charge in [0.25, 0.3) is 21.8 Å². The first-order valence-electron chi connectivity index (χ1n) is 14.4. The number of hydrogen-bond acceptors (Lipinski definition) is 7. The van der Waals surface area contributed by atoms with E-state index in [1.165, 1.54) is 34.9 Å². The number of ether oxygens (including phenoxy) is 2. The van der Waals surface area contributed by atoms with E-state index >= 15 is 0 Å². The predicted octanol–water partition coefficient (Wildman–Crippen LogP) is 5.85. The van der Waals surface area contributed by atoms with E-state index in [4.69, 9.17) is 9.47 Å². The summed E-state index contributed by atoms with van der Waals surface area (Å²) in [7, 11) is -2.32. The molecule has 230 valence electrons. The number of thiophene rings is 1. The maximum atomic E-state index is 14.0. The van der Waals surface area contributed by atoms with Gasteiger partial charge in [0, 0.05) is 17.8 Å². The van der Waals surface area contributed by atoms with E-state index in [9.17, 15) is 18.0 Å².